The molecule has 3 fully saturated rings. The molecule has 1 N–H and O–H groups in total. The third-order valence-corrected chi connectivity index (χ3v) is 13.7. The van der Waals surface area contributed by atoms with Crippen molar-refractivity contribution in [2.24, 2.45) is 28.6 Å². The molecule has 1 aromatic carbocycles. The van der Waals surface area contributed by atoms with E-state index < -0.39 is 23.1 Å². The van der Waals surface area contributed by atoms with Crippen LogP contribution >= 0.6 is 23.1 Å². The monoisotopic (exact) mass is 633 g/mol. The number of furan rings is 1. The van der Waals surface area contributed by atoms with Crippen LogP contribution in [-0.4, -0.2) is 45.1 Å². The predicted octanol–water partition coefficient (Wildman–Crippen LogP) is 6.97. The smallest absolute Gasteiger partial charge is 0.307 e. The van der Waals surface area contributed by atoms with E-state index in [-0.39, 0.29) is 46.9 Å². The maximum atomic E-state index is 14.5. The fourth-order valence-corrected chi connectivity index (χ4v) is 11.5. The lowest BCUT2D eigenvalue weighted by atomic mass is 9.45. The Kier molecular flexibility index (Phi) is 7.65. The number of aryl methyl sites for hydroxylation is 1. The van der Waals surface area contributed by atoms with E-state index in [0.717, 1.165) is 40.2 Å². The fourth-order valence-electron chi connectivity index (χ4n) is 9.44. The molecule has 232 valence electrons. The topological polar surface area (TPSA) is 107 Å². The van der Waals surface area contributed by atoms with Crippen LogP contribution in [0.2, 0.25) is 0 Å². The molecular formula is C35H39NO6S2. The normalized spacial score (nSPS) is 34.6. The molecule has 4 aliphatic rings. The number of para-hydroxylation sites is 1. The number of hydrogen-bond donors (Lipinski definition) is 1. The molecule has 2 aromatic heterocycles. The Labute approximate surface area is 265 Å². The minimum Gasteiger partial charge on any atom is -0.469 e. The first-order chi connectivity index (χ1) is 21.1. The Morgan fingerprint density at radius 3 is 2.77 bits per heavy atom. The van der Waals surface area contributed by atoms with Gasteiger partial charge in [-0.1, -0.05) is 43.3 Å². The lowest BCUT2D eigenvalue weighted by Crippen LogP contribution is -2.63. The van der Waals surface area contributed by atoms with Crippen LogP contribution in [0.4, 0.5) is 0 Å². The molecule has 0 aliphatic heterocycles. The summed E-state index contributed by atoms with van der Waals surface area (Å²) in [6.07, 6.45) is 7.85. The molecule has 0 spiro atoms. The van der Waals surface area contributed by atoms with E-state index in [1.807, 2.05) is 36.4 Å². The number of carbonyl (C=O) groups is 3. The van der Waals surface area contributed by atoms with Crippen molar-refractivity contribution in [1.82, 2.24) is 4.98 Å². The molecule has 0 bridgehead atoms. The first-order valence-electron chi connectivity index (χ1n) is 15.8. The molecule has 0 saturated heterocycles. The molecule has 3 saturated carbocycles. The van der Waals surface area contributed by atoms with Crippen molar-refractivity contribution in [3.8, 4) is 0 Å². The SMILES string of the molecule is CC12CCC(=O)C=C1CCC1C2[C@@H](O)CC2(C)C1CC[C@]2(OC(=O)CCc1ccco1)C(=O)CSc1nc2ccccc2s1. The van der Waals surface area contributed by atoms with Gasteiger partial charge in [0.25, 0.3) is 0 Å². The number of fused-ring (bicyclic) bond motifs is 6. The van der Waals surface area contributed by atoms with Crippen molar-refractivity contribution >= 4 is 50.9 Å². The average Bonchev–Trinajstić information content (AvgIpc) is 3.73. The van der Waals surface area contributed by atoms with Gasteiger partial charge < -0.3 is 14.3 Å². The standard InChI is InChI=1S/C35H39NO6S2/c1-33-15-13-22(37)18-21(33)9-11-24-25-14-16-35(34(25,2)19-27(38)31(24)33,42-30(40)12-10-23-6-5-17-41-23)29(39)20-43-32-36-26-7-3-4-8-28(26)44-32/h3-8,17-18,24-25,27,31,38H,9-16,19-20H2,1-2H3/t24?,25?,27-,31?,33?,34?,35-/m0/s1. The van der Waals surface area contributed by atoms with Crippen molar-refractivity contribution in [3.05, 3.63) is 60.1 Å². The van der Waals surface area contributed by atoms with Crippen LogP contribution in [0, 0.1) is 28.6 Å². The number of thiazole rings is 1. The van der Waals surface area contributed by atoms with Crippen LogP contribution in [0.1, 0.15) is 71.0 Å². The Morgan fingerprint density at radius 1 is 1.14 bits per heavy atom. The molecule has 44 heavy (non-hydrogen) atoms. The first-order valence-corrected chi connectivity index (χ1v) is 17.6. The summed E-state index contributed by atoms with van der Waals surface area (Å²) in [4.78, 5) is 45.0. The average molecular weight is 634 g/mol. The van der Waals surface area contributed by atoms with Gasteiger partial charge in [-0.05, 0) is 92.0 Å². The van der Waals surface area contributed by atoms with Crippen LogP contribution in [-0.2, 0) is 25.5 Å². The number of aliphatic hydroxyl groups is 1. The van der Waals surface area contributed by atoms with Gasteiger partial charge >= 0.3 is 5.97 Å². The summed E-state index contributed by atoms with van der Waals surface area (Å²) in [6.45, 7) is 4.31. The second-order valence-electron chi connectivity index (χ2n) is 13.7. The van der Waals surface area contributed by atoms with Gasteiger partial charge in [-0.3, -0.25) is 14.4 Å². The Hall–Kier alpha value is -2.75. The molecule has 7 rings (SSSR count). The molecule has 7 nitrogen and oxygen atoms in total. The maximum absolute atomic E-state index is 14.5. The first kappa shape index (κ1) is 29.9. The maximum Gasteiger partial charge on any atom is 0.307 e. The Bertz CT molecular complexity index is 1600. The largest absolute Gasteiger partial charge is 0.469 e. The molecule has 0 amide bonds. The summed E-state index contributed by atoms with van der Waals surface area (Å²) < 4.78 is 13.7. The zero-order valence-electron chi connectivity index (χ0n) is 25.3. The number of rotatable bonds is 8. The second-order valence-corrected chi connectivity index (χ2v) is 15.9. The van der Waals surface area contributed by atoms with E-state index in [1.54, 1.807) is 23.7 Å². The van der Waals surface area contributed by atoms with Crippen LogP contribution in [0.3, 0.4) is 0 Å². The number of nitrogens with zero attached hydrogens (tertiary/aromatic N) is 1. The highest BCUT2D eigenvalue weighted by Gasteiger charge is 2.70. The highest BCUT2D eigenvalue weighted by molar-refractivity contribution is 8.01. The second kappa shape index (κ2) is 11.2. The summed E-state index contributed by atoms with van der Waals surface area (Å²) in [7, 11) is 0. The van der Waals surface area contributed by atoms with Gasteiger partial charge in [0.15, 0.2) is 21.5 Å². The molecule has 7 atom stereocenters. The summed E-state index contributed by atoms with van der Waals surface area (Å²) in [6, 6.07) is 11.6. The number of ether oxygens (including phenoxy) is 1. The van der Waals surface area contributed by atoms with E-state index in [9.17, 15) is 19.5 Å². The molecule has 2 heterocycles. The molecule has 9 heteroatoms. The molecule has 4 aliphatic carbocycles. The van der Waals surface area contributed by atoms with Gasteiger partial charge in [0, 0.05) is 18.3 Å². The van der Waals surface area contributed by atoms with E-state index in [0.29, 0.717) is 31.4 Å². The number of allylic oxidation sites excluding steroid dienone is 1. The number of esters is 1. The van der Waals surface area contributed by atoms with Gasteiger partial charge in [-0.2, -0.15) is 0 Å². The van der Waals surface area contributed by atoms with Gasteiger partial charge in [-0.15, -0.1) is 11.3 Å². The number of hydrogen-bond acceptors (Lipinski definition) is 9. The van der Waals surface area contributed by atoms with E-state index in [4.69, 9.17) is 14.1 Å². The zero-order valence-corrected chi connectivity index (χ0v) is 26.9. The molecule has 5 unspecified atom stereocenters. The lowest BCUT2D eigenvalue weighted by molar-refractivity contribution is -0.200. The van der Waals surface area contributed by atoms with Crippen molar-refractivity contribution in [3.63, 3.8) is 0 Å². The number of carbonyl (C=O) groups excluding carboxylic acids is 3. The van der Waals surface area contributed by atoms with Crippen molar-refractivity contribution in [2.75, 3.05) is 5.75 Å². The molecule has 0 radical (unpaired) electrons. The van der Waals surface area contributed by atoms with Gasteiger partial charge in [0.1, 0.15) is 5.76 Å². The van der Waals surface area contributed by atoms with Gasteiger partial charge in [0.2, 0.25) is 0 Å². The predicted molar refractivity (Wildman–Crippen MR) is 169 cm³/mol. The quantitative estimate of drug-likeness (QED) is 0.209. The Morgan fingerprint density at radius 2 is 1.98 bits per heavy atom. The number of aliphatic hydroxyl groups excluding tert-OH is 1. The van der Waals surface area contributed by atoms with Gasteiger partial charge in [0.05, 0.1) is 34.8 Å². The van der Waals surface area contributed by atoms with E-state index in [2.05, 4.69) is 13.8 Å². The number of Topliss-reactive ketones (excluding diaryl/α,β-unsaturated/α-hetero) is 1. The van der Waals surface area contributed by atoms with Crippen molar-refractivity contribution < 1.29 is 28.6 Å². The fraction of sp³-hybridized carbons (Fsp3) is 0.543. The number of thioether (sulfide) groups is 1. The highest BCUT2D eigenvalue weighted by Crippen LogP contribution is 2.68. The zero-order chi connectivity index (χ0) is 30.7. The number of benzene rings is 1. The highest BCUT2D eigenvalue weighted by atomic mass is 32.2. The van der Waals surface area contributed by atoms with Gasteiger partial charge in [-0.25, -0.2) is 4.98 Å². The van der Waals surface area contributed by atoms with Crippen LogP contribution in [0.25, 0.3) is 10.2 Å². The number of aromatic nitrogens is 1. The Balaban J connectivity index is 1.19. The van der Waals surface area contributed by atoms with Crippen LogP contribution < -0.4 is 0 Å². The van der Waals surface area contributed by atoms with Crippen molar-refractivity contribution in [1.29, 1.82) is 0 Å². The summed E-state index contributed by atoms with van der Waals surface area (Å²) in [5, 5.41) is 12.0. The van der Waals surface area contributed by atoms with E-state index >= 15 is 0 Å². The van der Waals surface area contributed by atoms with Crippen LogP contribution in [0.15, 0.2) is 63.1 Å². The van der Waals surface area contributed by atoms with Crippen molar-refractivity contribution in [2.45, 2.75) is 87.7 Å². The minimum atomic E-state index is -1.33. The van der Waals surface area contributed by atoms with Crippen LogP contribution in [0.5, 0.6) is 0 Å². The molecule has 3 aromatic rings. The minimum absolute atomic E-state index is 0.0198. The third kappa shape index (κ3) is 4.81. The van der Waals surface area contributed by atoms with E-state index in [1.165, 1.54) is 17.3 Å². The molecular weight excluding hydrogens is 595 g/mol. The lowest BCUT2D eigenvalue weighted by Gasteiger charge is -2.60. The third-order valence-electron chi connectivity index (χ3n) is 11.5. The summed E-state index contributed by atoms with van der Waals surface area (Å²) in [5.74, 6) is 0.846. The summed E-state index contributed by atoms with van der Waals surface area (Å²) in [5.41, 5.74) is -0.178. The number of ketones is 2. The summed E-state index contributed by atoms with van der Waals surface area (Å²) >= 11 is 2.96.